The summed E-state index contributed by atoms with van der Waals surface area (Å²) in [5, 5.41) is 3.91. The first-order valence-corrected chi connectivity index (χ1v) is 7.02. The first-order chi connectivity index (χ1) is 9.20. The summed E-state index contributed by atoms with van der Waals surface area (Å²) in [7, 11) is 1.70. The highest BCUT2D eigenvalue weighted by atomic mass is 79.9. The molecule has 0 saturated heterocycles. The molecule has 0 atom stereocenters. The summed E-state index contributed by atoms with van der Waals surface area (Å²) >= 11 is 9.33. The lowest BCUT2D eigenvalue weighted by atomic mass is 10.1. The minimum absolute atomic E-state index is 0.602. The molecule has 0 amide bonds. The van der Waals surface area contributed by atoms with Gasteiger partial charge in [0.2, 0.25) is 0 Å². The summed E-state index contributed by atoms with van der Waals surface area (Å²) in [5.74, 6) is 0.745. The van der Waals surface area contributed by atoms with Gasteiger partial charge in [-0.25, -0.2) is 4.98 Å². The van der Waals surface area contributed by atoms with Gasteiger partial charge in [-0.05, 0) is 40.0 Å². The smallest absolute Gasteiger partial charge is 0.144 e. The fourth-order valence-corrected chi connectivity index (χ4v) is 2.44. The number of nitrogens with zero attached hydrogens (tertiary/aromatic N) is 1. The van der Waals surface area contributed by atoms with Crippen LogP contribution in [-0.2, 0) is 11.2 Å². The zero-order valence-corrected chi connectivity index (χ0v) is 12.8. The molecule has 19 heavy (non-hydrogen) atoms. The maximum absolute atomic E-state index is 5.88. The molecule has 0 bridgehead atoms. The summed E-state index contributed by atoms with van der Waals surface area (Å²) in [6, 6.07) is 9.91. The van der Waals surface area contributed by atoms with Gasteiger partial charge in [0, 0.05) is 19.0 Å². The van der Waals surface area contributed by atoms with Crippen molar-refractivity contribution in [2.75, 3.05) is 19.0 Å². The number of aromatic nitrogens is 1. The van der Waals surface area contributed by atoms with Gasteiger partial charge in [0.05, 0.1) is 16.1 Å². The van der Waals surface area contributed by atoms with E-state index in [-0.39, 0.29) is 0 Å². The molecule has 0 spiro atoms. The molecule has 1 aromatic carbocycles. The molecular weight excluding hydrogens is 328 g/mol. The van der Waals surface area contributed by atoms with Crippen LogP contribution in [0.25, 0.3) is 0 Å². The predicted molar refractivity (Wildman–Crippen MR) is 82.3 cm³/mol. The molecular formula is C14H14BrClN2O. The number of pyridine rings is 1. The second kappa shape index (κ2) is 6.89. The molecule has 3 nitrogen and oxygen atoms in total. The Bertz CT molecular complexity index is 563. The SMILES string of the molecule is COCCc1ccccc1Nc1ncc(Cl)cc1Br. The number of para-hydroxylation sites is 1. The van der Waals surface area contributed by atoms with Gasteiger partial charge in [0.25, 0.3) is 0 Å². The molecule has 0 fully saturated rings. The lowest BCUT2D eigenvalue weighted by Crippen LogP contribution is -2.01. The molecule has 0 unspecified atom stereocenters. The van der Waals surface area contributed by atoms with Gasteiger partial charge in [0.15, 0.2) is 0 Å². The average Bonchev–Trinajstić information content (AvgIpc) is 2.41. The van der Waals surface area contributed by atoms with E-state index in [1.54, 1.807) is 13.3 Å². The third-order valence-electron chi connectivity index (χ3n) is 2.65. The van der Waals surface area contributed by atoms with Crippen LogP contribution < -0.4 is 5.32 Å². The number of methoxy groups -OCH3 is 1. The van der Waals surface area contributed by atoms with Gasteiger partial charge in [-0.1, -0.05) is 29.8 Å². The van der Waals surface area contributed by atoms with E-state index < -0.39 is 0 Å². The number of anilines is 2. The number of hydrogen-bond donors (Lipinski definition) is 1. The quantitative estimate of drug-likeness (QED) is 0.873. The fourth-order valence-electron chi connectivity index (χ4n) is 1.71. The van der Waals surface area contributed by atoms with Crippen molar-refractivity contribution >= 4 is 39.0 Å². The lowest BCUT2D eigenvalue weighted by Gasteiger charge is -2.12. The summed E-state index contributed by atoms with van der Waals surface area (Å²) in [6.45, 7) is 0.688. The molecule has 0 saturated carbocycles. The Morgan fingerprint density at radius 1 is 1.37 bits per heavy atom. The van der Waals surface area contributed by atoms with E-state index in [2.05, 4.69) is 32.3 Å². The van der Waals surface area contributed by atoms with Crippen LogP contribution in [0, 0.1) is 0 Å². The highest BCUT2D eigenvalue weighted by molar-refractivity contribution is 9.10. The maximum atomic E-state index is 5.88. The van der Waals surface area contributed by atoms with E-state index in [0.717, 1.165) is 22.4 Å². The monoisotopic (exact) mass is 340 g/mol. The van der Waals surface area contributed by atoms with Gasteiger partial charge in [-0.3, -0.25) is 0 Å². The van der Waals surface area contributed by atoms with Crippen molar-refractivity contribution in [1.82, 2.24) is 4.98 Å². The van der Waals surface area contributed by atoms with Gasteiger partial charge in [0.1, 0.15) is 5.82 Å². The van der Waals surface area contributed by atoms with Crippen LogP contribution in [-0.4, -0.2) is 18.7 Å². The zero-order chi connectivity index (χ0) is 13.7. The number of rotatable bonds is 5. The third kappa shape index (κ3) is 3.93. The molecule has 0 aliphatic carbocycles. The Morgan fingerprint density at radius 3 is 2.89 bits per heavy atom. The summed E-state index contributed by atoms with van der Waals surface area (Å²) in [4.78, 5) is 4.27. The third-order valence-corrected chi connectivity index (χ3v) is 3.46. The molecule has 5 heteroatoms. The average molecular weight is 342 g/mol. The molecule has 1 heterocycles. The molecule has 1 aromatic heterocycles. The van der Waals surface area contributed by atoms with Crippen molar-refractivity contribution in [2.24, 2.45) is 0 Å². The Labute approximate surface area is 126 Å². The molecule has 2 aromatic rings. The van der Waals surface area contributed by atoms with Gasteiger partial charge < -0.3 is 10.1 Å². The number of nitrogens with one attached hydrogen (secondary N) is 1. The summed E-state index contributed by atoms with van der Waals surface area (Å²) in [5.41, 5.74) is 2.21. The standard InChI is InChI=1S/C14H14BrClN2O/c1-19-7-6-10-4-2-3-5-13(10)18-14-12(15)8-11(16)9-17-14/h2-5,8-9H,6-7H2,1H3,(H,17,18). The van der Waals surface area contributed by atoms with Crippen molar-refractivity contribution in [2.45, 2.75) is 6.42 Å². The van der Waals surface area contributed by atoms with E-state index in [1.807, 2.05) is 24.3 Å². The first-order valence-electron chi connectivity index (χ1n) is 5.85. The van der Waals surface area contributed by atoms with Crippen LogP contribution in [0.1, 0.15) is 5.56 Å². The Morgan fingerprint density at radius 2 is 2.16 bits per heavy atom. The zero-order valence-electron chi connectivity index (χ0n) is 10.5. The van der Waals surface area contributed by atoms with E-state index in [9.17, 15) is 0 Å². The van der Waals surface area contributed by atoms with Crippen LogP contribution in [0.4, 0.5) is 11.5 Å². The highest BCUT2D eigenvalue weighted by Crippen LogP contribution is 2.27. The lowest BCUT2D eigenvalue weighted by molar-refractivity contribution is 0.202. The minimum Gasteiger partial charge on any atom is -0.384 e. The Kier molecular flexibility index (Phi) is 5.19. The molecule has 1 N–H and O–H groups in total. The Hall–Kier alpha value is -1.10. The maximum Gasteiger partial charge on any atom is 0.144 e. The molecule has 2 rings (SSSR count). The number of hydrogen-bond acceptors (Lipinski definition) is 3. The highest BCUT2D eigenvalue weighted by Gasteiger charge is 2.06. The summed E-state index contributed by atoms with van der Waals surface area (Å²) < 4.78 is 5.96. The van der Waals surface area contributed by atoms with Crippen LogP contribution in [0.2, 0.25) is 5.02 Å². The van der Waals surface area contributed by atoms with Gasteiger partial charge in [-0.2, -0.15) is 0 Å². The molecule has 0 aliphatic heterocycles. The Balaban J connectivity index is 2.22. The molecule has 0 radical (unpaired) electrons. The van der Waals surface area contributed by atoms with Crippen molar-refractivity contribution in [3.8, 4) is 0 Å². The first kappa shape index (κ1) is 14.3. The normalized spacial score (nSPS) is 10.5. The number of halogens is 2. The summed E-state index contributed by atoms with van der Waals surface area (Å²) in [6.07, 6.45) is 2.47. The van der Waals surface area contributed by atoms with E-state index in [1.165, 1.54) is 5.56 Å². The van der Waals surface area contributed by atoms with E-state index >= 15 is 0 Å². The van der Waals surface area contributed by atoms with Crippen molar-refractivity contribution in [1.29, 1.82) is 0 Å². The van der Waals surface area contributed by atoms with Crippen LogP contribution in [0.3, 0.4) is 0 Å². The van der Waals surface area contributed by atoms with Gasteiger partial charge in [-0.15, -0.1) is 0 Å². The van der Waals surface area contributed by atoms with E-state index in [0.29, 0.717) is 11.6 Å². The van der Waals surface area contributed by atoms with Crippen molar-refractivity contribution in [3.63, 3.8) is 0 Å². The number of benzene rings is 1. The topological polar surface area (TPSA) is 34.1 Å². The fraction of sp³-hybridized carbons (Fsp3) is 0.214. The predicted octanol–water partition coefficient (Wildman–Crippen LogP) is 4.43. The van der Waals surface area contributed by atoms with Crippen LogP contribution >= 0.6 is 27.5 Å². The molecule has 0 aliphatic rings. The largest absolute Gasteiger partial charge is 0.384 e. The van der Waals surface area contributed by atoms with Gasteiger partial charge >= 0.3 is 0 Å². The number of ether oxygens (including phenoxy) is 1. The van der Waals surface area contributed by atoms with Crippen LogP contribution in [0.5, 0.6) is 0 Å². The molecule has 100 valence electrons. The van der Waals surface area contributed by atoms with Crippen molar-refractivity contribution < 1.29 is 4.74 Å². The van der Waals surface area contributed by atoms with Crippen LogP contribution in [0.15, 0.2) is 41.0 Å². The van der Waals surface area contributed by atoms with Crippen molar-refractivity contribution in [3.05, 3.63) is 51.6 Å². The van der Waals surface area contributed by atoms with E-state index in [4.69, 9.17) is 16.3 Å². The second-order valence-electron chi connectivity index (χ2n) is 4.01. The minimum atomic E-state index is 0.602. The second-order valence-corrected chi connectivity index (χ2v) is 5.30.